The van der Waals surface area contributed by atoms with Crippen molar-refractivity contribution in [3.8, 4) is 6.07 Å². The molecule has 2 aliphatic rings. The predicted molar refractivity (Wildman–Crippen MR) is 87.7 cm³/mol. The Labute approximate surface area is 137 Å². The third kappa shape index (κ3) is 3.72. The minimum Gasteiger partial charge on any atom is -0.379 e. The second-order valence-corrected chi connectivity index (χ2v) is 6.44. The lowest BCUT2D eigenvalue weighted by Gasteiger charge is -2.26. The number of benzene rings is 1. The number of rotatable bonds is 4. The summed E-state index contributed by atoms with van der Waals surface area (Å²) in [7, 11) is 0. The Balaban J connectivity index is 1.65. The van der Waals surface area contributed by atoms with Crippen molar-refractivity contribution in [3.63, 3.8) is 0 Å². The molecule has 1 aromatic rings. The summed E-state index contributed by atoms with van der Waals surface area (Å²) >= 11 is 0. The molecule has 0 unspecified atom stereocenters. The number of anilines is 1. The molecule has 5 nitrogen and oxygen atoms in total. The Bertz CT molecular complexity index is 597. The molecular weight excluding hydrogens is 290 g/mol. The van der Waals surface area contributed by atoms with E-state index >= 15 is 0 Å². The topological polar surface area (TPSA) is 65.4 Å². The van der Waals surface area contributed by atoms with Gasteiger partial charge in [0.05, 0.1) is 19.3 Å². The first-order valence-corrected chi connectivity index (χ1v) is 8.34. The summed E-state index contributed by atoms with van der Waals surface area (Å²) in [5.74, 6) is -0.152. The zero-order valence-corrected chi connectivity index (χ0v) is 13.4. The number of morpholine rings is 1. The molecule has 1 aliphatic heterocycles. The van der Waals surface area contributed by atoms with Gasteiger partial charge in [-0.2, -0.15) is 5.26 Å². The molecule has 0 atom stereocenters. The number of carbonyl (C=O) groups is 1. The van der Waals surface area contributed by atoms with Gasteiger partial charge in [0, 0.05) is 25.3 Å². The summed E-state index contributed by atoms with van der Waals surface area (Å²) in [6.07, 6.45) is 3.25. The Morgan fingerprint density at radius 1 is 1.30 bits per heavy atom. The minimum atomic E-state index is -0.833. The van der Waals surface area contributed by atoms with E-state index in [1.165, 1.54) is 5.56 Å². The number of hydrogen-bond donors (Lipinski definition) is 1. The van der Waals surface area contributed by atoms with Gasteiger partial charge in [-0.25, -0.2) is 0 Å². The summed E-state index contributed by atoms with van der Waals surface area (Å²) < 4.78 is 5.36. The van der Waals surface area contributed by atoms with E-state index in [0.717, 1.165) is 51.4 Å². The fourth-order valence-corrected chi connectivity index (χ4v) is 3.38. The molecule has 1 saturated heterocycles. The molecule has 23 heavy (non-hydrogen) atoms. The first kappa shape index (κ1) is 16.0. The van der Waals surface area contributed by atoms with Crippen molar-refractivity contribution in [2.24, 2.45) is 5.41 Å². The standard InChI is InChI=1S/C18H23N3O2/c19-14-18(6-1-2-7-18)17(22)20-16-5-3-4-15(12-16)13-21-8-10-23-11-9-21/h3-5,12H,1-2,6-11,13H2,(H,20,22). The number of amides is 1. The molecule has 5 heteroatoms. The van der Waals surface area contributed by atoms with Crippen molar-refractivity contribution in [1.29, 1.82) is 5.26 Å². The van der Waals surface area contributed by atoms with Gasteiger partial charge in [0.15, 0.2) is 0 Å². The largest absolute Gasteiger partial charge is 0.379 e. The molecule has 0 aromatic heterocycles. The number of nitrogens with zero attached hydrogens (tertiary/aromatic N) is 2. The minimum absolute atomic E-state index is 0.152. The monoisotopic (exact) mass is 313 g/mol. The Morgan fingerprint density at radius 2 is 2.04 bits per heavy atom. The van der Waals surface area contributed by atoms with Crippen LogP contribution in [0.15, 0.2) is 24.3 Å². The van der Waals surface area contributed by atoms with Crippen LogP contribution in [0.2, 0.25) is 0 Å². The van der Waals surface area contributed by atoms with E-state index in [4.69, 9.17) is 4.74 Å². The molecule has 122 valence electrons. The van der Waals surface area contributed by atoms with Gasteiger partial charge >= 0.3 is 0 Å². The van der Waals surface area contributed by atoms with Gasteiger partial charge in [-0.3, -0.25) is 9.69 Å². The van der Waals surface area contributed by atoms with Crippen LogP contribution in [0.25, 0.3) is 0 Å². The molecule has 1 saturated carbocycles. The smallest absolute Gasteiger partial charge is 0.244 e. The average molecular weight is 313 g/mol. The maximum Gasteiger partial charge on any atom is 0.244 e. The fourth-order valence-electron chi connectivity index (χ4n) is 3.38. The van der Waals surface area contributed by atoms with Crippen LogP contribution in [0.4, 0.5) is 5.69 Å². The van der Waals surface area contributed by atoms with Crippen molar-refractivity contribution >= 4 is 11.6 Å². The maximum absolute atomic E-state index is 12.5. The summed E-state index contributed by atoms with van der Waals surface area (Å²) in [6.45, 7) is 4.29. The molecule has 1 aliphatic carbocycles. The van der Waals surface area contributed by atoms with Gasteiger partial charge in [-0.05, 0) is 30.5 Å². The van der Waals surface area contributed by atoms with E-state index in [1.54, 1.807) is 0 Å². The maximum atomic E-state index is 12.5. The van der Waals surface area contributed by atoms with E-state index < -0.39 is 5.41 Å². The van der Waals surface area contributed by atoms with Crippen molar-refractivity contribution in [2.45, 2.75) is 32.2 Å². The van der Waals surface area contributed by atoms with E-state index in [-0.39, 0.29) is 5.91 Å². The van der Waals surface area contributed by atoms with Crippen LogP contribution in [0.3, 0.4) is 0 Å². The van der Waals surface area contributed by atoms with Crippen LogP contribution in [-0.4, -0.2) is 37.1 Å². The highest BCUT2D eigenvalue weighted by Gasteiger charge is 2.41. The van der Waals surface area contributed by atoms with E-state index in [1.807, 2.05) is 18.2 Å². The lowest BCUT2D eigenvalue weighted by Crippen LogP contribution is -2.35. The van der Waals surface area contributed by atoms with Crippen LogP contribution in [0.5, 0.6) is 0 Å². The van der Waals surface area contributed by atoms with Gasteiger partial charge in [0.1, 0.15) is 5.41 Å². The molecule has 0 radical (unpaired) electrons. The normalized spacial score (nSPS) is 20.8. The summed E-state index contributed by atoms with van der Waals surface area (Å²) in [6, 6.07) is 10.2. The summed E-state index contributed by atoms with van der Waals surface area (Å²) in [5, 5.41) is 12.4. The molecule has 1 aromatic carbocycles. The molecule has 1 amide bonds. The first-order chi connectivity index (χ1) is 11.2. The Hall–Kier alpha value is -1.90. The number of ether oxygens (including phenoxy) is 1. The highest BCUT2D eigenvalue weighted by Crippen LogP contribution is 2.38. The van der Waals surface area contributed by atoms with E-state index in [0.29, 0.717) is 12.8 Å². The van der Waals surface area contributed by atoms with Crippen LogP contribution >= 0.6 is 0 Å². The van der Waals surface area contributed by atoms with Gasteiger partial charge in [0.25, 0.3) is 0 Å². The third-order valence-electron chi connectivity index (χ3n) is 4.80. The molecule has 1 heterocycles. The fraction of sp³-hybridized carbons (Fsp3) is 0.556. The number of nitriles is 1. The van der Waals surface area contributed by atoms with Crippen LogP contribution in [0.1, 0.15) is 31.2 Å². The first-order valence-electron chi connectivity index (χ1n) is 8.34. The van der Waals surface area contributed by atoms with Crippen molar-refractivity contribution in [1.82, 2.24) is 4.90 Å². The summed E-state index contributed by atoms with van der Waals surface area (Å²) in [4.78, 5) is 14.9. The van der Waals surface area contributed by atoms with Gasteiger partial charge < -0.3 is 10.1 Å². The van der Waals surface area contributed by atoms with Gasteiger partial charge in [0.2, 0.25) is 5.91 Å². The molecule has 1 N–H and O–H groups in total. The molecule has 0 bridgehead atoms. The zero-order chi connectivity index (χ0) is 16.1. The Kier molecular flexibility index (Phi) is 4.94. The quantitative estimate of drug-likeness (QED) is 0.927. The summed E-state index contributed by atoms with van der Waals surface area (Å²) in [5.41, 5.74) is 1.12. The lowest BCUT2D eigenvalue weighted by molar-refractivity contribution is -0.122. The van der Waals surface area contributed by atoms with Crippen molar-refractivity contribution in [2.75, 3.05) is 31.6 Å². The van der Waals surface area contributed by atoms with Crippen LogP contribution in [-0.2, 0) is 16.1 Å². The van der Waals surface area contributed by atoms with Gasteiger partial charge in [-0.1, -0.05) is 25.0 Å². The highest BCUT2D eigenvalue weighted by molar-refractivity contribution is 5.97. The van der Waals surface area contributed by atoms with E-state index in [9.17, 15) is 10.1 Å². The Morgan fingerprint density at radius 3 is 2.74 bits per heavy atom. The predicted octanol–water partition coefficient (Wildman–Crippen LogP) is 2.54. The molecule has 2 fully saturated rings. The van der Waals surface area contributed by atoms with Gasteiger partial charge in [-0.15, -0.1) is 0 Å². The SMILES string of the molecule is N#CC1(C(=O)Nc2cccc(CN3CCOCC3)c2)CCCC1. The van der Waals surface area contributed by atoms with E-state index in [2.05, 4.69) is 22.4 Å². The zero-order valence-electron chi connectivity index (χ0n) is 13.4. The molecule has 0 spiro atoms. The van der Waals surface area contributed by atoms with Crippen molar-refractivity contribution < 1.29 is 9.53 Å². The highest BCUT2D eigenvalue weighted by atomic mass is 16.5. The second-order valence-electron chi connectivity index (χ2n) is 6.44. The van der Waals surface area contributed by atoms with Crippen molar-refractivity contribution in [3.05, 3.63) is 29.8 Å². The molecule has 3 rings (SSSR count). The number of nitrogens with one attached hydrogen (secondary N) is 1. The number of hydrogen-bond acceptors (Lipinski definition) is 4. The van der Waals surface area contributed by atoms with Crippen LogP contribution in [0, 0.1) is 16.7 Å². The van der Waals surface area contributed by atoms with Crippen LogP contribution < -0.4 is 5.32 Å². The average Bonchev–Trinajstić information content (AvgIpc) is 3.06. The third-order valence-corrected chi connectivity index (χ3v) is 4.80. The second kappa shape index (κ2) is 7.12. The lowest BCUT2D eigenvalue weighted by atomic mass is 9.87. The number of carbonyl (C=O) groups excluding carboxylic acids is 1. The molecular formula is C18H23N3O2.